The minimum atomic E-state index is -0.367. The molecule has 22 rings (SSSR count). The SMILES string of the molecule is CC1(C)c2ccccc2N(c2ccccc2)c2ccc(-c3ccc(-c4ccc(C=C(C#N)C#N)s4)c4n[se]nc34)cc21.CC1(C)c2ccccc2N(c2ccccc2)c2ccc(-c3ccc(-c4ccc(C=O)s4)c4n[se]nc34)cc21.CC1(C)c2ccccc2N(c2ccccc2)c2ccc(B3OC(C)(C)C(C)(C)O3)cc21.O=Cc1ccc(-c2ccc(Br)c3n[se]nc23)s1. The summed E-state index contributed by atoms with van der Waals surface area (Å²) in [6.07, 6.45) is 3.40. The molecule has 0 unspecified atom stereocenters. The Kier molecular flexibility index (Phi) is 23.1. The van der Waals surface area contributed by atoms with Gasteiger partial charge in [0.05, 0.1) is 22.6 Å². The first-order valence-electron chi connectivity index (χ1n) is 41.7. The summed E-state index contributed by atoms with van der Waals surface area (Å²) in [4.78, 5) is 34.5. The fraction of sp³-hybridized carbons (Fsp3) is 0.143. The van der Waals surface area contributed by atoms with Crippen molar-refractivity contribution in [3.63, 3.8) is 0 Å². The Morgan fingerprint density at radius 2 is 0.664 bits per heavy atom. The molecule has 0 aliphatic carbocycles. The number of rotatable bonds is 12. The Morgan fingerprint density at radius 3 is 1.05 bits per heavy atom. The molecule has 12 aromatic carbocycles. The predicted octanol–water partition coefficient (Wildman–Crippen LogP) is 25.7. The number of aromatic nitrogens is 6. The number of benzene rings is 12. The monoisotopic (exact) mass is 1990 g/mol. The van der Waals surface area contributed by atoms with Gasteiger partial charge in [-0.1, -0.05) is 62.4 Å². The van der Waals surface area contributed by atoms with Crippen molar-refractivity contribution in [2.24, 2.45) is 0 Å². The number of nitrogens with zero attached hydrogens (tertiary/aromatic N) is 11. The number of halogens is 1. The van der Waals surface area contributed by atoms with Gasteiger partial charge in [0.2, 0.25) is 0 Å². The number of thiophene rings is 3. The maximum absolute atomic E-state index is 11.3. The molecular weight excluding hydrogens is 1900 g/mol. The molecule has 0 atom stereocenters. The van der Waals surface area contributed by atoms with Crippen LogP contribution in [0.4, 0.5) is 51.2 Å². The van der Waals surface area contributed by atoms with Gasteiger partial charge in [-0.25, -0.2) is 0 Å². The molecule has 18 aromatic rings. The van der Waals surface area contributed by atoms with Gasteiger partial charge in [-0.05, 0) is 68.6 Å². The Hall–Kier alpha value is -12.0. The summed E-state index contributed by atoms with van der Waals surface area (Å²) >= 11 is 7.56. The maximum atomic E-state index is 11.3. The zero-order valence-electron chi connectivity index (χ0n) is 71.4. The van der Waals surface area contributed by atoms with Crippen LogP contribution >= 0.6 is 49.9 Å². The second-order valence-electron chi connectivity index (χ2n) is 34.2. The second-order valence-corrected chi connectivity index (χ2v) is 41.7. The fourth-order valence-electron chi connectivity index (χ4n) is 17.7. The van der Waals surface area contributed by atoms with E-state index < -0.39 is 0 Å². The molecule has 6 aromatic heterocycles. The summed E-state index contributed by atoms with van der Waals surface area (Å²) in [5.74, 6) is 0. The quantitative estimate of drug-likeness (QED) is 0.0638. The first kappa shape index (κ1) is 85.5. The number of hydrogen-bond donors (Lipinski definition) is 0. The average molecular weight is 1980 g/mol. The van der Waals surface area contributed by atoms with Crippen LogP contribution in [0.1, 0.15) is 127 Å². The molecular formula is C105H81BBrN11O4S3Se3. The van der Waals surface area contributed by atoms with Crippen LogP contribution in [0.3, 0.4) is 0 Å². The molecule has 1 fully saturated rings. The number of aldehydes is 2. The van der Waals surface area contributed by atoms with Crippen molar-refractivity contribution in [3.05, 3.63) is 349 Å². The molecule has 0 N–H and O–H groups in total. The first-order chi connectivity index (χ1) is 62.0. The van der Waals surface area contributed by atoms with Crippen LogP contribution in [0.25, 0.3) is 92.8 Å². The third kappa shape index (κ3) is 15.5. The van der Waals surface area contributed by atoms with E-state index in [1.165, 1.54) is 90.2 Å². The van der Waals surface area contributed by atoms with Gasteiger partial charge in [0.25, 0.3) is 0 Å². The van der Waals surface area contributed by atoms with Gasteiger partial charge in [0, 0.05) is 11.1 Å². The van der Waals surface area contributed by atoms with E-state index in [2.05, 4.69) is 350 Å². The van der Waals surface area contributed by atoms with Crippen molar-refractivity contribution >= 4 is 210 Å². The van der Waals surface area contributed by atoms with Crippen LogP contribution < -0.4 is 20.2 Å². The van der Waals surface area contributed by atoms with Gasteiger partial charge in [-0.2, -0.15) is 0 Å². The van der Waals surface area contributed by atoms with Gasteiger partial charge < -0.3 is 14.2 Å². The standard InChI is InChI=1S/C35H23N5SSe.C32H23N3OSSe.C27H30BNO2.C11H5BrN2OSSe/c1-35(2)28-10-6-7-11-30(28)40(24-8-4-3-5-9-24)31-16-12-23(19-29(31)35)26-14-15-27(34-33(26)38-42-39-34)32-17-13-25(41-32)18-22(20-36)21-37;1-32(2)25-10-6-7-11-27(25)35(21-8-4-3-5-9-21)28-16-12-20(18-26(28)32)23-14-15-24(31-30(23)33-38-34-31)29-17-13-22(19-36)37-29;1-25(2)21-14-10-11-15-23(21)29(20-12-8-7-9-13-20)24-17-16-19(18-22(24)25)28-30-26(3,4)27(5,6)31-28;12-8-3-2-7(10-11(8)14-17-13-10)9-4-1-6(5-15)16-9/h3-19H,1-2H3;3-19H,1-2H3;7-18H,1-6H3;1-5H. The number of anilines is 9. The van der Waals surface area contributed by atoms with Gasteiger partial charge in [-0.15, -0.1) is 0 Å². The van der Waals surface area contributed by atoms with Crippen molar-refractivity contribution in [3.8, 4) is 65.7 Å². The summed E-state index contributed by atoms with van der Waals surface area (Å²) in [7, 11) is -0.367. The first-order valence-corrected chi connectivity index (χ1v) is 49.6. The molecule has 0 amide bonds. The number of allylic oxidation sites excluding steroid dienone is 1. The van der Waals surface area contributed by atoms with Crippen LogP contribution in [0.5, 0.6) is 0 Å². The number of carbonyl (C=O) groups is 2. The minimum absolute atomic E-state index is 0.0499. The zero-order valence-corrected chi connectivity index (χ0v) is 80.6. The molecule has 128 heavy (non-hydrogen) atoms. The van der Waals surface area contributed by atoms with Crippen molar-refractivity contribution in [2.75, 3.05) is 14.7 Å². The van der Waals surface area contributed by atoms with Crippen LogP contribution in [0, 0.1) is 22.7 Å². The van der Waals surface area contributed by atoms with E-state index >= 15 is 0 Å². The van der Waals surface area contributed by atoms with Crippen molar-refractivity contribution in [1.29, 1.82) is 10.5 Å². The van der Waals surface area contributed by atoms with Crippen molar-refractivity contribution in [2.45, 2.75) is 96.7 Å². The molecule has 23 heteroatoms. The molecule has 15 nitrogen and oxygen atoms in total. The molecule has 0 bridgehead atoms. The number of hydrogen-bond acceptors (Lipinski definition) is 18. The Labute approximate surface area is 782 Å². The molecule has 4 aliphatic heterocycles. The molecule has 0 spiro atoms. The Balaban J connectivity index is 0.000000115. The van der Waals surface area contributed by atoms with Gasteiger partial charge in [0.15, 0.2) is 0 Å². The van der Waals surface area contributed by atoms with Crippen LogP contribution in [0.2, 0.25) is 0 Å². The van der Waals surface area contributed by atoms with Crippen LogP contribution in [-0.2, 0) is 25.6 Å². The second kappa shape index (κ2) is 34.6. The number of carbonyl (C=O) groups excluding carboxylic acids is 2. The third-order valence-electron chi connectivity index (χ3n) is 25.0. The fourth-order valence-corrected chi connectivity index (χ4v) is 24.7. The van der Waals surface area contributed by atoms with Crippen LogP contribution in [0.15, 0.2) is 301 Å². The van der Waals surface area contributed by atoms with E-state index in [0.29, 0.717) is 0 Å². The molecule has 10 heterocycles. The van der Waals surface area contributed by atoms with E-state index in [1.54, 1.807) is 17.4 Å². The van der Waals surface area contributed by atoms with Gasteiger partial charge in [0.1, 0.15) is 0 Å². The topological polar surface area (TPSA) is 187 Å². The Bertz CT molecular complexity index is 7460. The molecule has 626 valence electrons. The number of fused-ring (bicyclic) bond motifs is 9. The summed E-state index contributed by atoms with van der Waals surface area (Å²) < 4.78 is 41.9. The number of para-hydroxylation sites is 6. The van der Waals surface area contributed by atoms with E-state index in [4.69, 9.17) is 35.7 Å². The molecule has 4 aliphatic rings. The van der Waals surface area contributed by atoms with Crippen molar-refractivity contribution in [1.82, 2.24) is 23.9 Å². The van der Waals surface area contributed by atoms with Crippen molar-refractivity contribution < 1.29 is 18.9 Å². The van der Waals surface area contributed by atoms with Crippen LogP contribution in [-0.4, -0.2) is 99.7 Å². The predicted molar refractivity (Wildman–Crippen MR) is 531 cm³/mol. The number of nitriles is 2. The molecule has 0 radical (unpaired) electrons. The van der Waals surface area contributed by atoms with E-state index in [1.807, 2.05) is 60.7 Å². The molecule has 0 saturated carbocycles. The zero-order chi connectivity index (χ0) is 88.5. The third-order valence-corrected chi connectivity index (χ3v) is 32.2. The Morgan fingerprint density at radius 1 is 0.352 bits per heavy atom. The van der Waals surface area contributed by atoms with Gasteiger partial charge >= 0.3 is 611 Å². The van der Waals surface area contributed by atoms with E-state index in [-0.39, 0.29) is 85.0 Å². The van der Waals surface area contributed by atoms with E-state index in [9.17, 15) is 9.59 Å². The van der Waals surface area contributed by atoms with Gasteiger partial charge in [-0.3, -0.25) is 0 Å². The van der Waals surface area contributed by atoms with E-state index in [0.717, 1.165) is 141 Å². The average Bonchev–Trinajstić information content (AvgIpc) is 0.916. The normalized spacial score (nSPS) is 14.8. The summed E-state index contributed by atoms with van der Waals surface area (Å²) in [5, 5.41) is 18.3. The molecule has 1 saturated heterocycles. The summed E-state index contributed by atoms with van der Waals surface area (Å²) in [6, 6.07) is 106. The summed E-state index contributed by atoms with van der Waals surface area (Å²) in [6.45, 7) is 22.3. The summed E-state index contributed by atoms with van der Waals surface area (Å²) in [5.41, 5.74) is 31.6.